The quantitative estimate of drug-likeness (QED) is 0.603. The van der Waals surface area contributed by atoms with Crippen LogP contribution in [-0.4, -0.2) is 48.2 Å². The number of hydrogen-bond donors (Lipinski definition) is 1. The molecule has 0 aliphatic carbocycles. The number of methoxy groups -OCH3 is 1. The average Bonchev–Trinajstić information content (AvgIpc) is 2.79. The first-order chi connectivity index (χ1) is 8.36. The molecule has 1 N–H and O–H groups in total. The third kappa shape index (κ3) is 6.35. The fourth-order valence-corrected chi connectivity index (χ4v) is 1.33. The molecule has 0 saturated heterocycles. The molecule has 1 rings (SSSR count). The Morgan fingerprint density at radius 2 is 2.24 bits per heavy atom. The summed E-state index contributed by atoms with van der Waals surface area (Å²) < 4.78 is 12.1. The normalized spacial score (nSPS) is 10.9. The van der Waals surface area contributed by atoms with E-state index in [1.54, 1.807) is 13.4 Å². The zero-order valence-corrected chi connectivity index (χ0v) is 10.7. The summed E-state index contributed by atoms with van der Waals surface area (Å²) in [5, 5.41) is 7.54. The summed E-state index contributed by atoms with van der Waals surface area (Å²) in [4.78, 5) is 4.21. The van der Waals surface area contributed by atoms with Crippen molar-refractivity contribution >= 4 is 0 Å². The molecular weight excluding hydrogens is 220 g/mol. The standard InChI is InChI=1S/C11H22N4O2/c1-3-12-9-11-13-10-15(14-11)5-4-6-17-8-7-16-2/h10,12H,3-9H2,1-2H3. The highest BCUT2D eigenvalue weighted by Crippen LogP contribution is 1.93. The van der Waals surface area contributed by atoms with E-state index in [0.717, 1.165) is 38.5 Å². The van der Waals surface area contributed by atoms with Crippen molar-refractivity contribution in [2.45, 2.75) is 26.4 Å². The van der Waals surface area contributed by atoms with Gasteiger partial charge in [-0.05, 0) is 13.0 Å². The van der Waals surface area contributed by atoms with Gasteiger partial charge in [-0.15, -0.1) is 0 Å². The highest BCUT2D eigenvalue weighted by atomic mass is 16.5. The van der Waals surface area contributed by atoms with Crippen LogP contribution < -0.4 is 5.32 Å². The molecule has 98 valence electrons. The molecule has 0 fully saturated rings. The van der Waals surface area contributed by atoms with Gasteiger partial charge in [0.15, 0.2) is 5.82 Å². The van der Waals surface area contributed by atoms with E-state index in [9.17, 15) is 0 Å². The van der Waals surface area contributed by atoms with Gasteiger partial charge < -0.3 is 14.8 Å². The highest BCUT2D eigenvalue weighted by molar-refractivity contribution is 4.80. The van der Waals surface area contributed by atoms with E-state index in [0.29, 0.717) is 13.2 Å². The largest absolute Gasteiger partial charge is 0.382 e. The maximum absolute atomic E-state index is 5.37. The Morgan fingerprint density at radius 3 is 3.00 bits per heavy atom. The maximum Gasteiger partial charge on any atom is 0.164 e. The Bertz CT molecular complexity index is 291. The predicted molar refractivity (Wildman–Crippen MR) is 64.7 cm³/mol. The van der Waals surface area contributed by atoms with Crippen LogP contribution in [-0.2, 0) is 22.6 Å². The lowest BCUT2D eigenvalue weighted by Gasteiger charge is -2.03. The second-order valence-electron chi connectivity index (χ2n) is 3.66. The van der Waals surface area contributed by atoms with Crippen LogP contribution in [0.5, 0.6) is 0 Å². The molecule has 0 spiro atoms. The molecule has 0 aliphatic heterocycles. The SMILES string of the molecule is CCNCc1ncn(CCCOCCOC)n1. The molecule has 0 unspecified atom stereocenters. The van der Waals surface area contributed by atoms with Crippen molar-refractivity contribution in [3.05, 3.63) is 12.2 Å². The van der Waals surface area contributed by atoms with Gasteiger partial charge in [0, 0.05) is 20.3 Å². The summed E-state index contributed by atoms with van der Waals surface area (Å²) in [6.07, 6.45) is 2.70. The topological polar surface area (TPSA) is 61.2 Å². The maximum atomic E-state index is 5.37. The van der Waals surface area contributed by atoms with Gasteiger partial charge in [-0.1, -0.05) is 6.92 Å². The van der Waals surface area contributed by atoms with Crippen LogP contribution in [0.15, 0.2) is 6.33 Å². The van der Waals surface area contributed by atoms with Crippen LogP contribution in [0.1, 0.15) is 19.2 Å². The summed E-state index contributed by atoms with van der Waals surface area (Å²) in [5.74, 6) is 0.840. The van der Waals surface area contributed by atoms with Crippen molar-refractivity contribution in [2.24, 2.45) is 0 Å². The van der Waals surface area contributed by atoms with Crippen LogP contribution >= 0.6 is 0 Å². The Hall–Kier alpha value is -0.980. The summed E-state index contributed by atoms with van der Waals surface area (Å²) >= 11 is 0. The molecule has 0 atom stereocenters. The second kappa shape index (κ2) is 9.09. The fraction of sp³-hybridized carbons (Fsp3) is 0.818. The smallest absolute Gasteiger partial charge is 0.164 e. The number of rotatable bonds is 10. The lowest BCUT2D eigenvalue weighted by Crippen LogP contribution is -2.13. The van der Waals surface area contributed by atoms with E-state index in [2.05, 4.69) is 22.3 Å². The van der Waals surface area contributed by atoms with Gasteiger partial charge in [-0.25, -0.2) is 4.98 Å². The average molecular weight is 242 g/mol. The molecule has 0 bridgehead atoms. The molecule has 1 heterocycles. The van der Waals surface area contributed by atoms with Gasteiger partial charge in [0.1, 0.15) is 6.33 Å². The van der Waals surface area contributed by atoms with Gasteiger partial charge in [0.25, 0.3) is 0 Å². The summed E-state index contributed by atoms with van der Waals surface area (Å²) in [6.45, 7) is 6.59. The summed E-state index contributed by atoms with van der Waals surface area (Å²) in [7, 11) is 1.67. The molecule has 0 amide bonds. The lowest BCUT2D eigenvalue weighted by molar-refractivity contribution is 0.0677. The minimum absolute atomic E-state index is 0.649. The third-order valence-corrected chi connectivity index (χ3v) is 2.22. The van der Waals surface area contributed by atoms with Crippen molar-refractivity contribution in [3.63, 3.8) is 0 Å². The van der Waals surface area contributed by atoms with Gasteiger partial charge >= 0.3 is 0 Å². The molecule has 6 nitrogen and oxygen atoms in total. The van der Waals surface area contributed by atoms with Crippen molar-refractivity contribution in [1.29, 1.82) is 0 Å². The van der Waals surface area contributed by atoms with E-state index in [4.69, 9.17) is 9.47 Å². The Balaban J connectivity index is 2.08. The number of nitrogens with zero attached hydrogens (tertiary/aromatic N) is 3. The number of nitrogens with one attached hydrogen (secondary N) is 1. The third-order valence-electron chi connectivity index (χ3n) is 2.22. The number of aromatic nitrogens is 3. The van der Waals surface area contributed by atoms with E-state index in [1.807, 2.05) is 4.68 Å². The molecule has 1 aromatic heterocycles. The summed E-state index contributed by atoms with van der Waals surface area (Å²) in [5.41, 5.74) is 0. The van der Waals surface area contributed by atoms with Crippen molar-refractivity contribution in [1.82, 2.24) is 20.1 Å². The molecule has 0 saturated carbocycles. The Morgan fingerprint density at radius 1 is 1.35 bits per heavy atom. The van der Waals surface area contributed by atoms with E-state index in [1.165, 1.54) is 0 Å². The molecule has 1 aromatic rings. The van der Waals surface area contributed by atoms with Crippen LogP contribution in [0.2, 0.25) is 0 Å². The first-order valence-corrected chi connectivity index (χ1v) is 6.02. The van der Waals surface area contributed by atoms with Gasteiger partial charge in [0.2, 0.25) is 0 Å². The number of hydrogen-bond acceptors (Lipinski definition) is 5. The molecule has 0 aromatic carbocycles. The van der Waals surface area contributed by atoms with Gasteiger partial charge in [-0.2, -0.15) is 5.10 Å². The molecule has 0 radical (unpaired) electrons. The Labute approximate surface area is 102 Å². The minimum atomic E-state index is 0.649. The van der Waals surface area contributed by atoms with Crippen LogP contribution in [0, 0.1) is 0 Å². The monoisotopic (exact) mass is 242 g/mol. The van der Waals surface area contributed by atoms with Crippen molar-refractivity contribution < 1.29 is 9.47 Å². The fourth-order valence-electron chi connectivity index (χ4n) is 1.33. The summed E-state index contributed by atoms with van der Waals surface area (Å²) in [6, 6.07) is 0. The Kier molecular flexibility index (Phi) is 7.53. The first-order valence-electron chi connectivity index (χ1n) is 6.02. The van der Waals surface area contributed by atoms with Gasteiger partial charge in [0.05, 0.1) is 19.8 Å². The number of ether oxygens (including phenoxy) is 2. The van der Waals surface area contributed by atoms with Crippen molar-refractivity contribution in [3.8, 4) is 0 Å². The first kappa shape index (κ1) is 14.1. The molecule has 17 heavy (non-hydrogen) atoms. The van der Waals surface area contributed by atoms with Crippen LogP contribution in [0.25, 0.3) is 0 Å². The van der Waals surface area contributed by atoms with Crippen molar-refractivity contribution in [2.75, 3.05) is 33.5 Å². The van der Waals surface area contributed by atoms with Crippen LogP contribution in [0.4, 0.5) is 0 Å². The van der Waals surface area contributed by atoms with E-state index >= 15 is 0 Å². The molecule has 0 aliphatic rings. The lowest BCUT2D eigenvalue weighted by atomic mass is 10.4. The molecular formula is C11H22N4O2. The van der Waals surface area contributed by atoms with E-state index < -0.39 is 0 Å². The molecule has 6 heteroatoms. The number of aryl methyl sites for hydroxylation is 1. The zero-order chi connectivity index (χ0) is 12.3. The minimum Gasteiger partial charge on any atom is -0.382 e. The van der Waals surface area contributed by atoms with E-state index in [-0.39, 0.29) is 0 Å². The highest BCUT2D eigenvalue weighted by Gasteiger charge is 1.99. The van der Waals surface area contributed by atoms with Crippen LogP contribution in [0.3, 0.4) is 0 Å². The predicted octanol–water partition coefficient (Wildman–Crippen LogP) is 0.441. The van der Waals surface area contributed by atoms with Gasteiger partial charge in [-0.3, -0.25) is 4.68 Å². The second-order valence-corrected chi connectivity index (χ2v) is 3.66. The zero-order valence-electron chi connectivity index (χ0n) is 10.7.